The fourth-order valence-corrected chi connectivity index (χ4v) is 4.16. The molecule has 10 heavy (non-hydrogen) atoms. The Hall–Kier alpha value is 1.92. The average Bonchev–Trinajstić information content (AvgIpc) is 1.60. The van der Waals surface area contributed by atoms with Crippen LogP contribution in [0.1, 0.15) is 26.7 Å². The van der Waals surface area contributed by atoms with Gasteiger partial charge in [-0.2, -0.15) is 0 Å². The molecule has 0 saturated heterocycles. The first-order chi connectivity index (χ1) is 4.27. The summed E-state index contributed by atoms with van der Waals surface area (Å²) in [5, 5.41) is 0. The largest absolute Gasteiger partial charge is 0.0824 e. The van der Waals surface area contributed by atoms with Gasteiger partial charge < -0.3 is 0 Å². The van der Waals surface area contributed by atoms with E-state index < -0.39 is 0 Å². The minimum atomic E-state index is 0.0169. The average molecular weight is 402 g/mol. The van der Waals surface area contributed by atoms with Crippen LogP contribution in [-0.2, 0) is 0 Å². The maximum atomic E-state index is 3.57. The van der Waals surface area contributed by atoms with E-state index in [1.54, 1.807) is 0 Å². The monoisotopic (exact) mass is 398 g/mol. The fourth-order valence-electron chi connectivity index (χ4n) is 0.579. The quantitative estimate of drug-likeness (QED) is 0.597. The van der Waals surface area contributed by atoms with Gasteiger partial charge >= 0.3 is 0 Å². The zero-order chi connectivity index (χ0) is 8.41. The molecule has 0 rings (SSSR count). The summed E-state index contributed by atoms with van der Waals surface area (Å²) in [7, 11) is 0. The molecule has 0 radical (unpaired) electrons. The summed E-state index contributed by atoms with van der Waals surface area (Å²) in [6.07, 6.45) is 2.04. The Balaban J connectivity index is 3.89. The van der Waals surface area contributed by atoms with Crippen molar-refractivity contribution in [3.63, 3.8) is 0 Å². The van der Waals surface area contributed by atoms with Crippen molar-refractivity contribution >= 4 is 63.7 Å². The van der Waals surface area contributed by atoms with Gasteiger partial charge in [0.2, 0.25) is 0 Å². The molecule has 0 aliphatic heterocycles. The van der Waals surface area contributed by atoms with E-state index in [-0.39, 0.29) is 6.47 Å². The van der Waals surface area contributed by atoms with Crippen molar-refractivity contribution < 1.29 is 0 Å². The summed E-state index contributed by atoms with van der Waals surface area (Å²) in [6.45, 7) is 4.22. The zero-order valence-electron chi connectivity index (χ0n) is 5.93. The first kappa shape index (κ1) is 11.9. The van der Waals surface area contributed by atoms with Gasteiger partial charge in [0.25, 0.3) is 0 Å². The van der Waals surface area contributed by atoms with E-state index in [9.17, 15) is 0 Å². The molecule has 62 valence electrons. The predicted molar refractivity (Wildman–Crippen MR) is 61.8 cm³/mol. The third-order valence-corrected chi connectivity index (χ3v) is 3.33. The van der Waals surface area contributed by atoms with Crippen LogP contribution in [-0.4, -0.2) is 6.47 Å². The van der Waals surface area contributed by atoms with Gasteiger partial charge in [-0.25, -0.2) is 0 Å². The summed E-state index contributed by atoms with van der Waals surface area (Å²) in [6, 6.07) is 0. The minimum absolute atomic E-state index is 0.0169. The van der Waals surface area contributed by atoms with Gasteiger partial charge in [-0.15, -0.1) is 0 Å². The topological polar surface area (TPSA) is 0 Å². The Morgan fingerprint density at radius 2 is 1.50 bits per heavy atom. The molecular weight excluding hydrogens is 392 g/mol. The molecule has 0 aliphatic carbocycles. The highest BCUT2D eigenvalue weighted by Crippen LogP contribution is 2.43. The van der Waals surface area contributed by atoms with E-state index in [4.69, 9.17) is 0 Å². The lowest BCUT2D eigenvalue weighted by Gasteiger charge is -2.24. The van der Waals surface area contributed by atoms with E-state index in [0.717, 1.165) is 12.8 Å². The molecule has 0 heterocycles. The molecule has 0 spiro atoms. The van der Waals surface area contributed by atoms with Crippen LogP contribution >= 0.6 is 63.7 Å². The van der Waals surface area contributed by atoms with Crippen molar-refractivity contribution in [3.8, 4) is 0 Å². The number of hydrogen-bond acceptors (Lipinski definition) is 0. The standard InChI is InChI=1S/C6H10Br4/c1-3-6(9,10)4-5(2,7)8/h3-4H2,1-2H3. The molecule has 4 heteroatoms. The van der Waals surface area contributed by atoms with E-state index in [1.165, 1.54) is 0 Å². The minimum Gasteiger partial charge on any atom is -0.0730 e. The predicted octanol–water partition coefficient (Wildman–Crippen LogP) is 4.78. The highest BCUT2D eigenvalue weighted by Gasteiger charge is 2.29. The van der Waals surface area contributed by atoms with Crippen molar-refractivity contribution in [2.24, 2.45) is 0 Å². The van der Waals surface area contributed by atoms with Gasteiger partial charge in [0.1, 0.15) is 0 Å². The number of alkyl halides is 4. The highest BCUT2D eigenvalue weighted by atomic mass is 79.9. The second-order valence-electron chi connectivity index (χ2n) is 2.46. The molecule has 0 aromatic carbocycles. The lowest BCUT2D eigenvalue weighted by atomic mass is 10.2. The molecule has 0 unspecified atom stereocenters. The number of rotatable bonds is 3. The van der Waals surface area contributed by atoms with Crippen LogP contribution in [0.15, 0.2) is 0 Å². The van der Waals surface area contributed by atoms with Gasteiger partial charge in [0, 0.05) is 0 Å². The van der Waals surface area contributed by atoms with Crippen molar-refractivity contribution in [3.05, 3.63) is 0 Å². The van der Waals surface area contributed by atoms with E-state index in [1.807, 2.05) is 0 Å². The SMILES string of the molecule is CCC(Br)(Br)CC(C)(Br)Br. The zero-order valence-corrected chi connectivity index (χ0v) is 12.3. The van der Waals surface area contributed by atoms with Crippen LogP contribution in [0.5, 0.6) is 0 Å². The molecule has 0 saturated carbocycles. The Kier molecular flexibility index (Phi) is 5.05. The summed E-state index contributed by atoms with van der Waals surface area (Å²) >= 11 is 14.2. The lowest BCUT2D eigenvalue weighted by Crippen LogP contribution is -2.19. The molecule has 0 amide bonds. The Morgan fingerprint density at radius 3 is 1.60 bits per heavy atom. The van der Waals surface area contributed by atoms with Gasteiger partial charge in [-0.3, -0.25) is 0 Å². The smallest absolute Gasteiger partial charge is 0.0730 e. The van der Waals surface area contributed by atoms with Crippen molar-refractivity contribution in [1.29, 1.82) is 0 Å². The summed E-state index contributed by atoms with van der Waals surface area (Å²) in [4.78, 5) is 0. The molecule has 0 fully saturated rings. The molecule has 0 aliphatic rings. The molecule has 0 nitrogen and oxygen atoms in total. The van der Waals surface area contributed by atoms with Crippen molar-refractivity contribution in [1.82, 2.24) is 0 Å². The number of hydrogen-bond donors (Lipinski definition) is 0. The fraction of sp³-hybridized carbons (Fsp3) is 1.00. The molecule has 0 aromatic heterocycles. The normalized spacial score (nSPS) is 13.8. The third kappa shape index (κ3) is 6.62. The lowest BCUT2D eigenvalue weighted by molar-refractivity contribution is 0.695. The highest BCUT2D eigenvalue weighted by molar-refractivity contribution is 9.26. The van der Waals surface area contributed by atoms with Crippen LogP contribution in [0.25, 0.3) is 0 Å². The van der Waals surface area contributed by atoms with E-state index in [2.05, 4.69) is 77.6 Å². The Morgan fingerprint density at radius 1 is 1.10 bits per heavy atom. The van der Waals surface area contributed by atoms with Crippen LogP contribution in [0.3, 0.4) is 0 Å². The van der Waals surface area contributed by atoms with Crippen LogP contribution < -0.4 is 0 Å². The summed E-state index contributed by atoms with van der Waals surface area (Å²) in [5.41, 5.74) is 0. The van der Waals surface area contributed by atoms with Gasteiger partial charge in [-0.05, 0) is 19.8 Å². The first-order valence-electron chi connectivity index (χ1n) is 3.02. The maximum absolute atomic E-state index is 3.57. The number of halogens is 4. The molecular formula is C6H10Br4. The summed E-state index contributed by atoms with van der Waals surface area (Å²) < 4.78 is 0.0742. The van der Waals surface area contributed by atoms with Crippen LogP contribution in [0.2, 0.25) is 0 Å². The van der Waals surface area contributed by atoms with Gasteiger partial charge in [0.05, 0.1) is 6.47 Å². The molecule has 0 aromatic rings. The van der Waals surface area contributed by atoms with Gasteiger partial charge in [0.15, 0.2) is 0 Å². The second kappa shape index (κ2) is 4.24. The van der Waals surface area contributed by atoms with E-state index in [0.29, 0.717) is 0 Å². The second-order valence-corrected chi connectivity index (χ2v) is 11.1. The third-order valence-electron chi connectivity index (χ3n) is 1.09. The van der Waals surface area contributed by atoms with Crippen molar-refractivity contribution in [2.75, 3.05) is 0 Å². The van der Waals surface area contributed by atoms with Gasteiger partial charge in [-0.1, -0.05) is 70.6 Å². The Labute approximate surface area is 96.0 Å². The summed E-state index contributed by atoms with van der Waals surface area (Å²) in [5.74, 6) is 0. The molecule has 0 atom stereocenters. The Bertz CT molecular complexity index is 103. The first-order valence-corrected chi connectivity index (χ1v) is 6.20. The van der Waals surface area contributed by atoms with E-state index >= 15 is 0 Å². The van der Waals surface area contributed by atoms with Crippen LogP contribution in [0, 0.1) is 0 Å². The van der Waals surface area contributed by atoms with Crippen LogP contribution in [0.4, 0.5) is 0 Å². The maximum Gasteiger partial charge on any atom is 0.0824 e. The molecule has 0 N–H and O–H groups in total. The molecule has 0 bridgehead atoms. The van der Waals surface area contributed by atoms with Crippen molar-refractivity contribution in [2.45, 2.75) is 33.2 Å².